The lowest BCUT2D eigenvalue weighted by Gasteiger charge is -2.44. The number of aromatic nitrogens is 1. The fourth-order valence-corrected chi connectivity index (χ4v) is 15.7. The Labute approximate surface area is 387 Å². The molecular formula is C62H45N3Si. The van der Waals surface area contributed by atoms with Gasteiger partial charge >= 0.3 is 0 Å². The number of rotatable bonds is 9. The molecule has 1 aliphatic rings. The van der Waals surface area contributed by atoms with E-state index in [0.29, 0.717) is 0 Å². The number of fused-ring (bicyclic) bond motifs is 4. The summed E-state index contributed by atoms with van der Waals surface area (Å²) in [4.78, 5) is 5.02. The zero-order valence-corrected chi connectivity index (χ0v) is 37.3. The Hall–Kier alpha value is -8.44. The van der Waals surface area contributed by atoms with E-state index in [1.54, 1.807) is 0 Å². The minimum Gasteiger partial charge on any atom is -0.310 e. The Balaban J connectivity index is 1.24. The fraction of sp³-hybridized carbons (Fsp3) is 0. The summed E-state index contributed by atoms with van der Waals surface area (Å²) in [5, 5.41) is 6.61. The summed E-state index contributed by atoms with van der Waals surface area (Å²) in [7, 11) is -3.20. The summed E-state index contributed by atoms with van der Waals surface area (Å²) < 4.78 is 2.54. The Kier molecular flexibility index (Phi) is 9.85. The maximum atomic E-state index is 2.54. The van der Waals surface area contributed by atoms with Crippen LogP contribution in [-0.2, 0) is 0 Å². The van der Waals surface area contributed by atoms with E-state index in [0.717, 1.165) is 39.8 Å². The molecular weight excluding hydrogens is 815 g/mol. The zero-order valence-electron chi connectivity index (χ0n) is 36.3. The van der Waals surface area contributed by atoms with Crippen LogP contribution >= 0.6 is 0 Å². The van der Waals surface area contributed by atoms with Gasteiger partial charge < -0.3 is 4.90 Å². The van der Waals surface area contributed by atoms with E-state index in [-0.39, 0.29) is 0 Å². The first-order valence-electron chi connectivity index (χ1n) is 22.7. The molecule has 4 heteroatoms. The molecule has 0 fully saturated rings. The van der Waals surface area contributed by atoms with Crippen LogP contribution in [0.25, 0.3) is 38.8 Å². The van der Waals surface area contributed by atoms with E-state index in [4.69, 9.17) is 0 Å². The molecule has 10 aromatic carbocycles. The van der Waals surface area contributed by atoms with Gasteiger partial charge in [0.2, 0.25) is 0 Å². The molecule has 3 nitrogen and oxygen atoms in total. The van der Waals surface area contributed by atoms with Gasteiger partial charge in [0.15, 0.2) is 8.07 Å². The summed E-state index contributed by atoms with van der Waals surface area (Å²) in [5.74, 6) is 1.16. The minimum absolute atomic E-state index is 1.08. The summed E-state index contributed by atoms with van der Waals surface area (Å²) >= 11 is 0. The number of hydrogen-bond acceptors (Lipinski definition) is 2. The predicted molar refractivity (Wildman–Crippen MR) is 281 cm³/mol. The van der Waals surface area contributed by atoms with Crippen molar-refractivity contribution in [2.45, 2.75) is 0 Å². The van der Waals surface area contributed by atoms with Gasteiger partial charge in [-0.25, -0.2) is 0 Å². The number of para-hydroxylation sites is 3. The van der Waals surface area contributed by atoms with Crippen LogP contribution in [0.1, 0.15) is 0 Å². The van der Waals surface area contributed by atoms with Crippen molar-refractivity contribution in [3.05, 3.63) is 273 Å². The van der Waals surface area contributed by atoms with Crippen molar-refractivity contribution >= 4 is 74.0 Å². The van der Waals surface area contributed by atoms with Crippen LogP contribution < -0.4 is 30.5 Å². The normalized spacial score (nSPS) is 12.6. The van der Waals surface area contributed by atoms with Crippen LogP contribution in [0.2, 0.25) is 0 Å². The smallest absolute Gasteiger partial charge is 0.187 e. The van der Waals surface area contributed by atoms with E-state index in [1.165, 1.54) is 54.1 Å². The number of benzene rings is 10. The second-order valence-corrected chi connectivity index (χ2v) is 20.6. The van der Waals surface area contributed by atoms with Gasteiger partial charge in [0.05, 0.1) is 11.2 Å². The van der Waals surface area contributed by atoms with Gasteiger partial charge in [0.1, 0.15) is 5.82 Å². The minimum atomic E-state index is -3.20. The van der Waals surface area contributed by atoms with Crippen molar-refractivity contribution in [1.29, 1.82) is 0 Å². The third kappa shape index (κ3) is 6.41. The third-order valence-electron chi connectivity index (χ3n) is 13.2. The molecule has 312 valence electrons. The second kappa shape index (κ2) is 16.6. The largest absolute Gasteiger partial charge is 0.310 e. The lowest BCUT2D eigenvalue weighted by molar-refractivity contribution is 1.08. The summed E-state index contributed by atoms with van der Waals surface area (Å²) in [5.41, 5.74) is 12.6. The third-order valence-corrected chi connectivity index (χ3v) is 18.1. The van der Waals surface area contributed by atoms with Crippen molar-refractivity contribution in [2.75, 3.05) is 9.80 Å². The predicted octanol–water partition coefficient (Wildman–Crippen LogP) is 13.6. The molecule has 0 radical (unpaired) electrons. The van der Waals surface area contributed by atoms with Crippen molar-refractivity contribution in [2.24, 2.45) is 0 Å². The highest BCUT2D eigenvalue weighted by molar-refractivity contribution is 7.22. The molecule has 1 aliphatic heterocycles. The SMILES string of the molecule is c1ccc(-c2ccc(N(c3ccc(-c4ccccc4)cc3)c3cccc4c3c3c(n4-c4ccccc4)N(c4ccccc4)c4ccccc4[Si]3(c3ccccc3)c3ccccc3)cc2)cc1. The van der Waals surface area contributed by atoms with Gasteiger partial charge in [-0.05, 0) is 105 Å². The molecule has 0 aliphatic carbocycles. The monoisotopic (exact) mass is 859 g/mol. The van der Waals surface area contributed by atoms with Crippen LogP contribution in [0.4, 0.5) is 34.3 Å². The Morgan fingerprint density at radius 3 is 1.27 bits per heavy atom. The molecule has 0 amide bonds. The average Bonchev–Trinajstić information content (AvgIpc) is 3.75. The van der Waals surface area contributed by atoms with Gasteiger partial charge in [0.25, 0.3) is 0 Å². The second-order valence-electron chi connectivity index (χ2n) is 16.9. The number of anilines is 6. The van der Waals surface area contributed by atoms with Crippen molar-refractivity contribution in [3.63, 3.8) is 0 Å². The lowest BCUT2D eigenvalue weighted by Crippen LogP contribution is -2.77. The molecule has 1 aromatic heterocycles. The molecule has 0 saturated carbocycles. The van der Waals surface area contributed by atoms with Gasteiger partial charge in [-0.3, -0.25) is 9.47 Å². The van der Waals surface area contributed by atoms with E-state index in [2.05, 4.69) is 287 Å². The van der Waals surface area contributed by atoms with Crippen molar-refractivity contribution < 1.29 is 0 Å². The van der Waals surface area contributed by atoms with E-state index >= 15 is 0 Å². The highest BCUT2D eigenvalue weighted by Gasteiger charge is 2.52. The van der Waals surface area contributed by atoms with E-state index < -0.39 is 8.07 Å². The maximum Gasteiger partial charge on any atom is 0.187 e. The van der Waals surface area contributed by atoms with Gasteiger partial charge in [-0.1, -0.05) is 206 Å². The average molecular weight is 860 g/mol. The fourth-order valence-electron chi connectivity index (χ4n) is 10.4. The molecule has 11 aromatic rings. The quantitative estimate of drug-likeness (QED) is 0.134. The van der Waals surface area contributed by atoms with Crippen LogP contribution in [0.3, 0.4) is 0 Å². The molecule has 12 rings (SSSR count). The maximum absolute atomic E-state index is 3.20. The molecule has 0 atom stereocenters. The molecule has 0 bridgehead atoms. The first-order chi connectivity index (χ1) is 32.8. The van der Waals surface area contributed by atoms with E-state index in [9.17, 15) is 0 Å². The molecule has 0 saturated heterocycles. The van der Waals surface area contributed by atoms with Crippen LogP contribution in [0, 0.1) is 0 Å². The van der Waals surface area contributed by atoms with Crippen molar-refractivity contribution in [1.82, 2.24) is 4.57 Å². The number of hydrogen-bond donors (Lipinski definition) is 0. The molecule has 2 heterocycles. The summed E-state index contributed by atoms with van der Waals surface area (Å²) in [6.07, 6.45) is 0. The van der Waals surface area contributed by atoms with E-state index in [1.807, 2.05) is 0 Å². The Morgan fingerprint density at radius 2 is 0.758 bits per heavy atom. The molecule has 0 unspecified atom stereocenters. The lowest BCUT2D eigenvalue weighted by atomic mass is 10.0. The van der Waals surface area contributed by atoms with Gasteiger partial charge in [0, 0.05) is 39.0 Å². The molecule has 0 spiro atoms. The first kappa shape index (κ1) is 39.2. The van der Waals surface area contributed by atoms with Crippen LogP contribution in [-0.4, -0.2) is 12.6 Å². The summed E-state index contributed by atoms with van der Waals surface area (Å²) in [6.45, 7) is 0. The van der Waals surface area contributed by atoms with Crippen molar-refractivity contribution in [3.8, 4) is 27.9 Å². The van der Waals surface area contributed by atoms with Crippen LogP contribution in [0.5, 0.6) is 0 Å². The Bertz CT molecular complexity index is 3310. The standard InChI is InChI=1S/C62H45N3Si/c1-7-22-46(23-8-1)48-38-42-52(43-39-48)63(53-44-40-49(41-45-53)47-24-9-2-10-25-47)57-35-21-36-58-60(57)61-62(65(58)51-28-13-4-14-29-51)64(50-26-11-3-12-27-50)56-34-19-20-37-59(56)66(61,54-30-15-5-16-31-54)55-32-17-6-18-33-55/h1-45H. The summed E-state index contributed by atoms with van der Waals surface area (Å²) in [6, 6.07) is 100. The topological polar surface area (TPSA) is 11.4 Å². The van der Waals surface area contributed by atoms with Gasteiger partial charge in [-0.15, -0.1) is 0 Å². The first-order valence-corrected chi connectivity index (χ1v) is 24.7. The number of nitrogens with zero attached hydrogens (tertiary/aromatic N) is 3. The molecule has 66 heavy (non-hydrogen) atoms. The highest BCUT2D eigenvalue weighted by atomic mass is 28.3. The molecule has 0 N–H and O–H groups in total. The highest BCUT2D eigenvalue weighted by Crippen LogP contribution is 2.47. The van der Waals surface area contributed by atoms with Crippen LogP contribution in [0.15, 0.2) is 273 Å². The zero-order chi connectivity index (χ0) is 43.9. The van der Waals surface area contributed by atoms with Gasteiger partial charge in [-0.2, -0.15) is 0 Å². The Morgan fingerprint density at radius 1 is 0.333 bits per heavy atom.